The van der Waals surface area contributed by atoms with Crippen LogP contribution in [0.2, 0.25) is 0 Å². The largest absolute Gasteiger partial charge is 0.475 e. The highest BCUT2D eigenvalue weighted by Gasteiger charge is 2.26. The Bertz CT molecular complexity index is 368. The number of furan rings is 1. The van der Waals surface area contributed by atoms with Crippen LogP contribution in [0.3, 0.4) is 0 Å². The van der Waals surface area contributed by atoms with Crippen LogP contribution >= 0.6 is 11.8 Å². The summed E-state index contributed by atoms with van der Waals surface area (Å²) in [5.41, 5.74) is 0. The van der Waals surface area contributed by atoms with Gasteiger partial charge in [-0.05, 0) is 30.7 Å². The van der Waals surface area contributed by atoms with Gasteiger partial charge in [0.15, 0.2) is 0 Å². The second kappa shape index (κ2) is 4.93. The summed E-state index contributed by atoms with van der Waals surface area (Å²) in [7, 11) is 0. The van der Waals surface area contributed by atoms with E-state index in [0.29, 0.717) is 5.76 Å². The van der Waals surface area contributed by atoms with Gasteiger partial charge in [-0.1, -0.05) is 6.42 Å². The van der Waals surface area contributed by atoms with E-state index in [2.05, 4.69) is 0 Å². The third-order valence-electron chi connectivity index (χ3n) is 2.70. The monoisotopic (exact) mass is 242 g/mol. The lowest BCUT2D eigenvalue weighted by Crippen LogP contribution is -2.18. The molecular weight excluding hydrogens is 228 g/mol. The lowest BCUT2D eigenvalue weighted by atomic mass is 10.1. The maximum Gasteiger partial charge on any atom is 0.371 e. The zero-order chi connectivity index (χ0) is 11.5. The summed E-state index contributed by atoms with van der Waals surface area (Å²) in [6, 6.07) is 2.93. The van der Waals surface area contributed by atoms with Crippen LogP contribution in [0.25, 0.3) is 0 Å². The Morgan fingerprint density at radius 2 is 2.31 bits per heavy atom. The van der Waals surface area contributed by atoms with E-state index < -0.39 is 12.1 Å². The topological polar surface area (TPSA) is 70.7 Å². The Labute approximate surface area is 97.6 Å². The Morgan fingerprint density at radius 1 is 1.50 bits per heavy atom. The Balaban J connectivity index is 2.07. The molecule has 4 nitrogen and oxygen atoms in total. The molecule has 0 saturated carbocycles. The van der Waals surface area contributed by atoms with Gasteiger partial charge in [-0.3, -0.25) is 0 Å². The molecule has 0 amide bonds. The first-order chi connectivity index (χ1) is 7.68. The fourth-order valence-electron chi connectivity index (χ4n) is 1.82. The average molecular weight is 242 g/mol. The van der Waals surface area contributed by atoms with E-state index in [0.717, 1.165) is 18.6 Å². The smallest absolute Gasteiger partial charge is 0.371 e. The molecule has 1 aromatic rings. The number of carbonyl (C=O) groups is 1. The first-order valence-electron chi connectivity index (χ1n) is 5.31. The van der Waals surface area contributed by atoms with E-state index in [9.17, 15) is 9.90 Å². The van der Waals surface area contributed by atoms with Crippen molar-refractivity contribution >= 4 is 17.7 Å². The van der Waals surface area contributed by atoms with Crippen LogP contribution in [0, 0.1) is 0 Å². The SMILES string of the molecule is O=C(O)c1ccc(C(O)C2CCCCS2)o1. The molecule has 0 spiro atoms. The number of hydrogen-bond donors (Lipinski definition) is 2. The lowest BCUT2D eigenvalue weighted by molar-refractivity contribution is 0.0650. The number of rotatable bonds is 3. The highest BCUT2D eigenvalue weighted by atomic mass is 32.2. The van der Waals surface area contributed by atoms with Crippen molar-refractivity contribution in [1.82, 2.24) is 0 Å². The number of aliphatic hydroxyl groups is 1. The molecule has 5 heteroatoms. The predicted octanol–water partition coefficient (Wildman–Crippen LogP) is 2.30. The molecule has 2 atom stereocenters. The Morgan fingerprint density at radius 3 is 2.88 bits per heavy atom. The van der Waals surface area contributed by atoms with Crippen molar-refractivity contribution in [3.05, 3.63) is 23.7 Å². The van der Waals surface area contributed by atoms with E-state index in [-0.39, 0.29) is 11.0 Å². The van der Waals surface area contributed by atoms with Gasteiger partial charge in [0.2, 0.25) is 5.76 Å². The molecule has 2 heterocycles. The molecular formula is C11H14O4S. The number of carboxylic acid groups (broad SMARTS) is 1. The van der Waals surface area contributed by atoms with Crippen LogP contribution in [0.4, 0.5) is 0 Å². The number of thioether (sulfide) groups is 1. The first kappa shape index (κ1) is 11.5. The summed E-state index contributed by atoms with van der Waals surface area (Å²) in [4.78, 5) is 10.6. The second-order valence-electron chi connectivity index (χ2n) is 3.86. The zero-order valence-electron chi connectivity index (χ0n) is 8.76. The van der Waals surface area contributed by atoms with Gasteiger partial charge < -0.3 is 14.6 Å². The molecule has 0 aromatic carbocycles. The van der Waals surface area contributed by atoms with Gasteiger partial charge in [-0.2, -0.15) is 11.8 Å². The van der Waals surface area contributed by atoms with Crippen LogP contribution < -0.4 is 0 Å². The Hall–Kier alpha value is -0.940. The summed E-state index contributed by atoms with van der Waals surface area (Å²) in [6.07, 6.45) is 2.56. The molecule has 88 valence electrons. The molecule has 0 aliphatic carbocycles. The van der Waals surface area contributed by atoms with Crippen LogP contribution in [-0.4, -0.2) is 27.2 Å². The van der Waals surface area contributed by atoms with Gasteiger partial charge in [0.1, 0.15) is 11.9 Å². The molecule has 0 radical (unpaired) electrons. The van der Waals surface area contributed by atoms with Crippen molar-refractivity contribution in [2.45, 2.75) is 30.6 Å². The normalized spacial score (nSPS) is 22.9. The van der Waals surface area contributed by atoms with E-state index >= 15 is 0 Å². The lowest BCUT2D eigenvalue weighted by Gasteiger charge is -2.24. The van der Waals surface area contributed by atoms with Gasteiger partial charge in [-0.25, -0.2) is 4.79 Å². The van der Waals surface area contributed by atoms with Crippen molar-refractivity contribution in [2.75, 3.05) is 5.75 Å². The van der Waals surface area contributed by atoms with Crippen molar-refractivity contribution in [3.63, 3.8) is 0 Å². The molecule has 1 aromatic heterocycles. The minimum absolute atomic E-state index is 0.116. The van der Waals surface area contributed by atoms with Crippen LogP contribution in [0.5, 0.6) is 0 Å². The van der Waals surface area contributed by atoms with Gasteiger partial charge in [0, 0.05) is 5.25 Å². The highest BCUT2D eigenvalue weighted by molar-refractivity contribution is 7.99. The maximum absolute atomic E-state index is 10.6. The summed E-state index contributed by atoms with van der Waals surface area (Å²) >= 11 is 1.73. The molecule has 0 bridgehead atoms. The van der Waals surface area contributed by atoms with Crippen molar-refractivity contribution in [2.24, 2.45) is 0 Å². The van der Waals surface area contributed by atoms with E-state index in [1.54, 1.807) is 17.8 Å². The summed E-state index contributed by atoms with van der Waals surface area (Å²) < 4.78 is 5.10. The second-order valence-corrected chi connectivity index (χ2v) is 5.20. The number of hydrogen-bond acceptors (Lipinski definition) is 4. The number of carboxylic acids is 1. The average Bonchev–Trinajstić information content (AvgIpc) is 2.78. The van der Waals surface area contributed by atoms with E-state index in [1.807, 2.05) is 0 Å². The minimum Gasteiger partial charge on any atom is -0.475 e. The van der Waals surface area contributed by atoms with Crippen LogP contribution in [0.1, 0.15) is 41.7 Å². The fraction of sp³-hybridized carbons (Fsp3) is 0.545. The predicted molar refractivity (Wildman–Crippen MR) is 60.7 cm³/mol. The van der Waals surface area contributed by atoms with Gasteiger partial charge >= 0.3 is 5.97 Å². The van der Waals surface area contributed by atoms with Gasteiger partial charge in [0.05, 0.1) is 0 Å². The molecule has 1 fully saturated rings. The molecule has 1 aliphatic rings. The molecule has 2 N–H and O–H groups in total. The highest BCUT2D eigenvalue weighted by Crippen LogP contribution is 2.35. The third-order valence-corrected chi connectivity index (χ3v) is 4.14. The first-order valence-corrected chi connectivity index (χ1v) is 6.36. The van der Waals surface area contributed by atoms with Crippen molar-refractivity contribution in [1.29, 1.82) is 0 Å². The summed E-state index contributed by atoms with van der Waals surface area (Å²) in [5.74, 6) is 0.190. The van der Waals surface area contributed by atoms with Crippen molar-refractivity contribution in [3.8, 4) is 0 Å². The molecule has 2 unspecified atom stereocenters. The number of aromatic carboxylic acids is 1. The van der Waals surface area contributed by atoms with Crippen LogP contribution in [0.15, 0.2) is 16.5 Å². The van der Waals surface area contributed by atoms with Crippen molar-refractivity contribution < 1.29 is 19.4 Å². The van der Waals surface area contributed by atoms with Gasteiger partial charge in [-0.15, -0.1) is 0 Å². The van der Waals surface area contributed by atoms with E-state index in [1.165, 1.54) is 12.5 Å². The fourth-order valence-corrected chi connectivity index (χ4v) is 3.15. The zero-order valence-corrected chi connectivity index (χ0v) is 9.57. The molecule has 1 saturated heterocycles. The quantitative estimate of drug-likeness (QED) is 0.851. The number of aliphatic hydroxyl groups excluding tert-OH is 1. The van der Waals surface area contributed by atoms with E-state index in [4.69, 9.17) is 9.52 Å². The molecule has 16 heavy (non-hydrogen) atoms. The summed E-state index contributed by atoms with van der Waals surface area (Å²) in [6.45, 7) is 0. The molecule has 1 aliphatic heterocycles. The summed E-state index contributed by atoms with van der Waals surface area (Å²) in [5, 5.41) is 18.9. The third kappa shape index (κ3) is 2.41. The Kier molecular flexibility index (Phi) is 3.56. The standard InChI is InChI=1S/C11H14O4S/c12-10(9-3-1-2-6-16-9)7-4-5-8(15-7)11(13)14/h4-5,9-10,12H,1-3,6H2,(H,13,14). The van der Waals surface area contributed by atoms with Gasteiger partial charge in [0.25, 0.3) is 0 Å². The maximum atomic E-state index is 10.6. The molecule has 2 rings (SSSR count). The minimum atomic E-state index is -1.10. The van der Waals surface area contributed by atoms with Crippen LogP contribution in [-0.2, 0) is 0 Å².